The van der Waals surface area contributed by atoms with Crippen molar-refractivity contribution in [2.75, 3.05) is 12.4 Å². The maximum absolute atomic E-state index is 12.5. The SMILES string of the molecule is CCC(=O)OCC(C)SCCCCCC(C)(F)F. The number of esters is 1. The van der Waals surface area contributed by atoms with Crippen molar-refractivity contribution in [2.45, 2.75) is 64.0 Å². The molecule has 0 aromatic rings. The van der Waals surface area contributed by atoms with Crippen LogP contribution in [0.25, 0.3) is 0 Å². The molecule has 5 heteroatoms. The maximum Gasteiger partial charge on any atom is 0.305 e. The van der Waals surface area contributed by atoms with Crippen LogP contribution in [0.1, 0.15) is 52.9 Å². The van der Waals surface area contributed by atoms with Crippen molar-refractivity contribution in [1.29, 1.82) is 0 Å². The number of thioether (sulfide) groups is 1. The number of hydrogen-bond donors (Lipinski definition) is 0. The first-order chi connectivity index (χ1) is 8.35. The number of unbranched alkanes of at least 4 members (excludes halogenated alkanes) is 2. The third-order valence-corrected chi connectivity index (χ3v) is 3.66. The maximum atomic E-state index is 12.5. The van der Waals surface area contributed by atoms with Crippen LogP contribution in [-0.4, -0.2) is 29.5 Å². The predicted octanol–water partition coefficient (Wildman–Crippen LogP) is 4.28. The molecule has 0 rings (SSSR count). The van der Waals surface area contributed by atoms with Crippen LogP contribution in [0.4, 0.5) is 8.78 Å². The van der Waals surface area contributed by atoms with E-state index in [1.807, 2.05) is 6.92 Å². The Morgan fingerprint density at radius 3 is 2.56 bits per heavy atom. The number of carbonyl (C=O) groups excluding carboxylic acids is 1. The highest BCUT2D eigenvalue weighted by Gasteiger charge is 2.19. The van der Waals surface area contributed by atoms with Crippen LogP contribution in [0, 0.1) is 0 Å². The molecule has 0 aromatic heterocycles. The molecule has 0 aliphatic carbocycles. The molecule has 1 atom stereocenters. The topological polar surface area (TPSA) is 26.3 Å². The van der Waals surface area contributed by atoms with Crippen LogP contribution < -0.4 is 0 Å². The second-order valence-corrected chi connectivity index (χ2v) is 6.15. The lowest BCUT2D eigenvalue weighted by atomic mass is 10.1. The average molecular weight is 282 g/mol. The Labute approximate surface area is 113 Å². The van der Waals surface area contributed by atoms with Gasteiger partial charge in [-0.2, -0.15) is 11.8 Å². The van der Waals surface area contributed by atoms with E-state index in [1.54, 1.807) is 18.7 Å². The van der Waals surface area contributed by atoms with Crippen molar-refractivity contribution in [3.63, 3.8) is 0 Å². The zero-order chi connectivity index (χ0) is 14.0. The molecule has 2 nitrogen and oxygen atoms in total. The molecule has 0 heterocycles. The third kappa shape index (κ3) is 12.1. The van der Waals surface area contributed by atoms with Gasteiger partial charge in [-0.1, -0.05) is 13.3 Å². The van der Waals surface area contributed by atoms with Gasteiger partial charge in [-0.25, -0.2) is 8.78 Å². The number of hydrogen-bond acceptors (Lipinski definition) is 3. The van der Waals surface area contributed by atoms with E-state index >= 15 is 0 Å². The van der Waals surface area contributed by atoms with Gasteiger partial charge in [0.05, 0.1) is 0 Å². The molecular formula is C13H24F2O2S. The van der Waals surface area contributed by atoms with E-state index < -0.39 is 5.92 Å². The van der Waals surface area contributed by atoms with Gasteiger partial charge in [-0.05, 0) is 32.4 Å². The first kappa shape index (κ1) is 17.7. The van der Waals surface area contributed by atoms with E-state index in [0.717, 1.165) is 25.5 Å². The number of rotatable bonds is 10. The molecule has 0 bridgehead atoms. The smallest absolute Gasteiger partial charge is 0.305 e. The van der Waals surface area contributed by atoms with Crippen molar-refractivity contribution in [2.24, 2.45) is 0 Å². The van der Waals surface area contributed by atoms with Gasteiger partial charge < -0.3 is 4.74 Å². The van der Waals surface area contributed by atoms with E-state index in [1.165, 1.54) is 0 Å². The molecule has 0 aliphatic heterocycles. The number of alkyl halides is 2. The Balaban J connectivity index is 3.35. The van der Waals surface area contributed by atoms with Crippen molar-refractivity contribution in [1.82, 2.24) is 0 Å². The fourth-order valence-corrected chi connectivity index (χ4v) is 2.30. The fraction of sp³-hybridized carbons (Fsp3) is 0.923. The lowest BCUT2D eigenvalue weighted by Crippen LogP contribution is -2.13. The molecular weight excluding hydrogens is 258 g/mol. The summed E-state index contributed by atoms with van der Waals surface area (Å²) in [6.45, 7) is 5.17. The van der Waals surface area contributed by atoms with Gasteiger partial charge >= 0.3 is 5.97 Å². The quantitative estimate of drug-likeness (QED) is 0.442. The largest absolute Gasteiger partial charge is 0.465 e. The highest BCUT2D eigenvalue weighted by molar-refractivity contribution is 7.99. The van der Waals surface area contributed by atoms with Gasteiger partial charge in [0.25, 0.3) is 0 Å². The molecule has 0 saturated heterocycles. The summed E-state index contributed by atoms with van der Waals surface area (Å²) < 4.78 is 30.0. The molecule has 0 spiro atoms. The van der Waals surface area contributed by atoms with Crippen LogP contribution in [0.5, 0.6) is 0 Å². The zero-order valence-corrected chi connectivity index (χ0v) is 12.3. The van der Waals surface area contributed by atoms with Crippen LogP contribution in [0.3, 0.4) is 0 Å². The molecule has 0 amide bonds. The van der Waals surface area contributed by atoms with Gasteiger partial charge in [-0.3, -0.25) is 4.79 Å². The monoisotopic (exact) mass is 282 g/mol. The lowest BCUT2D eigenvalue weighted by molar-refractivity contribution is -0.143. The Morgan fingerprint density at radius 2 is 2.00 bits per heavy atom. The molecule has 0 fully saturated rings. The minimum Gasteiger partial charge on any atom is -0.465 e. The van der Waals surface area contributed by atoms with E-state index in [-0.39, 0.29) is 17.6 Å². The Hall–Kier alpha value is -0.320. The zero-order valence-electron chi connectivity index (χ0n) is 11.5. The Kier molecular flexibility index (Phi) is 9.42. The lowest BCUT2D eigenvalue weighted by Gasteiger charge is -2.12. The van der Waals surface area contributed by atoms with Crippen LogP contribution >= 0.6 is 11.8 Å². The van der Waals surface area contributed by atoms with Crippen LogP contribution in [0.15, 0.2) is 0 Å². The summed E-state index contributed by atoms with van der Waals surface area (Å²) in [5, 5.41) is 0.271. The van der Waals surface area contributed by atoms with Gasteiger partial charge in [0.15, 0.2) is 0 Å². The molecule has 18 heavy (non-hydrogen) atoms. The molecule has 0 aromatic carbocycles. The normalized spacial score (nSPS) is 13.4. The summed E-state index contributed by atoms with van der Waals surface area (Å²) in [5.41, 5.74) is 0. The second kappa shape index (κ2) is 9.59. The predicted molar refractivity (Wildman–Crippen MR) is 72.3 cm³/mol. The minimum atomic E-state index is -2.53. The van der Waals surface area contributed by atoms with Crippen LogP contribution in [0.2, 0.25) is 0 Å². The molecule has 0 saturated carbocycles. The summed E-state index contributed by atoms with van der Waals surface area (Å²) in [6, 6.07) is 0. The van der Waals surface area contributed by atoms with Crippen LogP contribution in [-0.2, 0) is 9.53 Å². The van der Waals surface area contributed by atoms with E-state index in [9.17, 15) is 13.6 Å². The average Bonchev–Trinajstić information content (AvgIpc) is 2.29. The third-order valence-electron chi connectivity index (χ3n) is 2.43. The van der Waals surface area contributed by atoms with E-state index in [2.05, 4.69) is 0 Å². The molecule has 0 aliphatic rings. The highest BCUT2D eigenvalue weighted by atomic mass is 32.2. The molecule has 1 unspecified atom stereocenters. The van der Waals surface area contributed by atoms with Gasteiger partial charge in [0, 0.05) is 18.1 Å². The first-order valence-corrected chi connectivity index (χ1v) is 7.55. The second-order valence-electron chi connectivity index (χ2n) is 4.60. The summed E-state index contributed by atoms with van der Waals surface area (Å²) in [5.74, 6) is -1.78. The van der Waals surface area contributed by atoms with Gasteiger partial charge in [-0.15, -0.1) is 0 Å². The van der Waals surface area contributed by atoms with Crippen molar-refractivity contribution < 1.29 is 18.3 Å². The van der Waals surface area contributed by atoms with E-state index in [4.69, 9.17) is 4.74 Å². The molecule has 0 radical (unpaired) electrons. The molecule has 108 valence electrons. The van der Waals surface area contributed by atoms with Crippen molar-refractivity contribution in [3.05, 3.63) is 0 Å². The number of carbonyl (C=O) groups is 1. The Bertz CT molecular complexity index is 230. The highest BCUT2D eigenvalue weighted by Crippen LogP contribution is 2.21. The van der Waals surface area contributed by atoms with Crippen molar-refractivity contribution in [3.8, 4) is 0 Å². The fourth-order valence-electron chi connectivity index (χ4n) is 1.36. The standard InChI is InChI=1S/C13H24F2O2S/c1-4-12(16)17-10-11(2)18-9-7-5-6-8-13(3,14)15/h11H,4-10H2,1-3H3. The summed E-state index contributed by atoms with van der Waals surface area (Å²) in [7, 11) is 0. The van der Waals surface area contributed by atoms with Gasteiger partial charge in [0.1, 0.15) is 6.61 Å². The Morgan fingerprint density at radius 1 is 1.33 bits per heavy atom. The number of halogens is 2. The van der Waals surface area contributed by atoms with Crippen molar-refractivity contribution >= 4 is 17.7 Å². The number of ether oxygens (including phenoxy) is 1. The van der Waals surface area contributed by atoms with Gasteiger partial charge in [0.2, 0.25) is 5.92 Å². The van der Waals surface area contributed by atoms with E-state index in [0.29, 0.717) is 19.4 Å². The summed E-state index contributed by atoms with van der Waals surface area (Å²) in [4.78, 5) is 10.9. The minimum absolute atomic E-state index is 0.0265. The molecule has 0 N–H and O–H groups in total. The summed E-state index contributed by atoms with van der Waals surface area (Å²) >= 11 is 1.72. The summed E-state index contributed by atoms with van der Waals surface area (Å²) in [6.07, 6.45) is 2.72. The first-order valence-electron chi connectivity index (χ1n) is 6.50.